The fourth-order valence-electron chi connectivity index (χ4n) is 1.55. The highest BCUT2D eigenvalue weighted by molar-refractivity contribution is 5.20. The molecule has 4 heteroatoms. The summed E-state index contributed by atoms with van der Waals surface area (Å²) in [4.78, 5) is 0. The fourth-order valence-corrected chi connectivity index (χ4v) is 1.55. The third kappa shape index (κ3) is 2.31. The summed E-state index contributed by atoms with van der Waals surface area (Å²) in [7, 11) is 0. The molecule has 1 aliphatic carbocycles. The smallest absolute Gasteiger partial charge is 0.161 e. The Bertz CT molecular complexity index is 378. The van der Waals surface area contributed by atoms with E-state index in [1.54, 1.807) is 0 Å². The van der Waals surface area contributed by atoms with Gasteiger partial charge in [0.15, 0.2) is 11.6 Å². The summed E-state index contributed by atoms with van der Waals surface area (Å²) in [5.74, 6) is -2.25. The van der Waals surface area contributed by atoms with Gasteiger partial charge in [0.25, 0.3) is 0 Å². The Morgan fingerprint density at radius 3 is 2.40 bits per heavy atom. The first-order valence-electron chi connectivity index (χ1n) is 4.94. The van der Waals surface area contributed by atoms with Crippen LogP contribution in [-0.4, -0.2) is 6.04 Å². The van der Waals surface area contributed by atoms with Crippen LogP contribution in [-0.2, 0) is 6.54 Å². The van der Waals surface area contributed by atoms with Crippen molar-refractivity contribution in [1.29, 1.82) is 0 Å². The monoisotopic (exact) mass is 215 g/mol. The van der Waals surface area contributed by atoms with E-state index in [0.29, 0.717) is 18.0 Å². The molecule has 1 fully saturated rings. The van der Waals surface area contributed by atoms with Crippen molar-refractivity contribution in [2.24, 2.45) is 5.92 Å². The minimum absolute atomic E-state index is 0.174. The molecular formula is C11H12F3N. The normalized spacial score (nSPS) is 24.3. The van der Waals surface area contributed by atoms with Gasteiger partial charge >= 0.3 is 0 Å². The van der Waals surface area contributed by atoms with E-state index in [9.17, 15) is 13.2 Å². The van der Waals surface area contributed by atoms with E-state index in [1.165, 1.54) is 0 Å². The van der Waals surface area contributed by atoms with Crippen LogP contribution in [0.5, 0.6) is 0 Å². The van der Waals surface area contributed by atoms with Gasteiger partial charge in [0.05, 0.1) is 0 Å². The molecule has 0 bridgehead atoms. The Kier molecular flexibility index (Phi) is 2.69. The van der Waals surface area contributed by atoms with Crippen molar-refractivity contribution < 1.29 is 13.2 Å². The lowest BCUT2D eigenvalue weighted by molar-refractivity contribution is 0.486. The molecule has 0 amide bonds. The van der Waals surface area contributed by atoms with E-state index in [-0.39, 0.29) is 12.1 Å². The summed E-state index contributed by atoms with van der Waals surface area (Å²) < 4.78 is 38.6. The zero-order chi connectivity index (χ0) is 11.0. The zero-order valence-corrected chi connectivity index (χ0v) is 8.36. The second kappa shape index (κ2) is 3.85. The Balaban J connectivity index is 2.04. The van der Waals surface area contributed by atoms with Crippen molar-refractivity contribution in [3.05, 3.63) is 35.1 Å². The summed E-state index contributed by atoms with van der Waals surface area (Å²) in [5, 5.41) is 3.08. The minimum atomic E-state index is -1.14. The van der Waals surface area contributed by atoms with Crippen molar-refractivity contribution in [3.8, 4) is 0 Å². The van der Waals surface area contributed by atoms with Gasteiger partial charge < -0.3 is 5.32 Å². The molecule has 0 heterocycles. The van der Waals surface area contributed by atoms with E-state index in [1.807, 2.05) is 0 Å². The topological polar surface area (TPSA) is 12.0 Å². The van der Waals surface area contributed by atoms with Crippen LogP contribution < -0.4 is 5.32 Å². The van der Waals surface area contributed by atoms with E-state index in [0.717, 1.165) is 12.5 Å². The van der Waals surface area contributed by atoms with Gasteiger partial charge in [-0.05, 0) is 18.4 Å². The van der Waals surface area contributed by atoms with Crippen molar-refractivity contribution in [2.75, 3.05) is 0 Å². The molecule has 1 nitrogen and oxygen atoms in total. The lowest BCUT2D eigenvalue weighted by Crippen LogP contribution is -2.18. The predicted octanol–water partition coefficient (Wildman–Crippen LogP) is 2.60. The minimum Gasteiger partial charge on any atom is -0.310 e. The van der Waals surface area contributed by atoms with Gasteiger partial charge in [-0.1, -0.05) is 6.92 Å². The molecule has 0 radical (unpaired) electrons. The number of hydrogen-bond acceptors (Lipinski definition) is 1. The number of hydrogen-bond donors (Lipinski definition) is 1. The first-order chi connectivity index (χ1) is 7.08. The second-order valence-corrected chi connectivity index (χ2v) is 4.06. The van der Waals surface area contributed by atoms with Crippen LogP contribution in [0, 0.1) is 23.4 Å². The molecule has 1 N–H and O–H groups in total. The third-order valence-corrected chi connectivity index (χ3v) is 2.75. The molecule has 82 valence electrons. The van der Waals surface area contributed by atoms with Gasteiger partial charge in [0.1, 0.15) is 5.82 Å². The van der Waals surface area contributed by atoms with E-state index in [4.69, 9.17) is 0 Å². The molecule has 0 aliphatic heterocycles. The molecule has 1 aromatic carbocycles. The quantitative estimate of drug-likeness (QED) is 0.764. The van der Waals surface area contributed by atoms with Gasteiger partial charge in [-0.25, -0.2) is 13.2 Å². The maximum atomic E-state index is 13.2. The lowest BCUT2D eigenvalue weighted by Gasteiger charge is -2.05. The first kappa shape index (κ1) is 10.5. The largest absolute Gasteiger partial charge is 0.310 e. The van der Waals surface area contributed by atoms with Crippen LogP contribution in [0.2, 0.25) is 0 Å². The van der Waals surface area contributed by atoms with Gasteiger partial charge in [0, 0.05) is 24.2 Å². The molecule has 0 aromatic heterocycles. The van der Waals surface area contributed by atoms with Crippen LogP contribution in [0.4, 0.5) is 13.2 Å². The van der Waals surface area contributed by atoms with Crippen molar-refractivity contribution in [3.63, 3.8) is 0 Å². The highest BCUT2D eigenvalue weighted by Gasteiger charge is 2.31. The molecule has 0 saturated heterocycles. The number of benzene rings is 1. The van der Waals surface area contributed by atoms with Crippen molar-refractivity contribution >= 4 is 0 Å². The number of nitrogens with one attached hydrogen (secondary N) is 1. The van der Waals surface area contributed by atoms with Gasteiger partial charge in [-0.2, -0.15) is 0 Å². The maximum Gasteiger partial charge on any atom is 0.161 e. The molecule has 1 saturated carbocycles. The molecule has 1 aliphatic rings. The Hall–Kier alpha value is -1.03. The molecule has 2 rings (SSSR count). The molecule has 0 spiro atoms. The van der Waals surface area contributed by atoms with Crippen LogP contribution in [0.15, 0.2) is 12.1 Å². The number of halogens is 3. The second-order valence-electron chi connectivity index (χ2n) is 4.06. The molecular weight excluding hydrogens is 203 g/mol. The lowest BCUT2D eigenvalue weighted by atomic mass is 10.2. The Labute approximate surface area is 86.3 Å². The van der Waals surface area contributed by atoms with Gasteiger partial charge in [-0.3, -0.25) is 0 Å². The summed E-state index contributed by atoms with van der Waals surface area (Å²) in [6.45, 7) is 2.33. The Morgan fingerprint density at radius 2 is 1.80 bits per heavy atom. The summed E-state index contributed by atoms with van der Waals surface area (Å²) in [6, 6.07) is 1.88. The van der Waals surface area contributed by atoms with Crippen molar-refractivity contribution in [1.82, 2.24) is 5.32 Å². The van der Waals surface area contributed by atoms with Crippen molar-refractivity contribution in [2.45, 2.75) is 25.9 Å². The highest BCUT2D eigenvalue weighted by Crippen LogP contribution is 2.29. The number of rotatable bonds is 3. The zero-order valence-electron chi connectivity index (χ0n) is 8.36. The predicted molar refractivity (Wildman–Crippen MR) is 50.7 cm³/mol. The summed E-state index contributed by atoms with van der Waals surface area (Å²) >= 11 is 0. The SMILES string of the molecule is CC1CC1NCc1cc(F)c(F)cc1F. The Morgan fingerprint density at radius 1 is 1.20 bits per heavy atom. The molecule has 2 atom stereocenters. The molecule has 1 aromatic rings. The average molecular weight is 215 g/mol. The van der Waals surface area contributed by atoms with Crippen LogP contribution >= 0.6 is 0 Å². The highest BCUT2D eigenvalue weighted by atomic mass is 19.2. The van der Waals surface area contributed by atoms with E-state index in [2.05, 4.69) is 12.2 Å². The standard InChI is InChI=1S/C11H12F3N/c1-6-2-11(6)15-5-7-3-9(13)10(14)4-8(7)12/h3-4,6,11,15H,2,5H2,1H3. The van der Waals surface area contributed by atoms with Crippen LogP contribution in [0.3, 0.4) is 0 Å². The summed E-state index contributed by atoms with van der Waals surface area (Å²) in [5.41, 5.74) is 0.174. The average Bonchev–Trinajstić information content (AvgIpc) is 2.86. The maximum absolute atomic E-state index is 13.2. The van der Waals surface area contributed by atoms with Gasteiger partial charge in [0.2, 0.25) is 0 Å². The summed E-state index contributed by atoms with van der Waals surface area (Å²) in [6.07, 6.45) is 1.06. The van der Waals surface area contributed by atoms with Crippen LogP contribution in [0.1, 0.15) is 18.9 Å². The van der Waals surface area contributed by atoms with E-state index >= 15 is 0 Å². The first-order valence-corrected chi connectivity index (χ1v) is 4.94. The van der Waals surface area contributed by atoms with E-state index < -0.39 is 17.5 Å². The van der Waals surface area contributed by atoms with Gasteiger partial charge in [-0.15, -0.1) is 0 Å². The molecule has 15 heavy (non-hydrogen) atoms. The molecule has 2 unspecified atom stereocenters. The van der Waals surface area contributed by atoms with Crippen LogP contribution in [0.25, 0.3) is 0 Å². The fraction of sp³-hybridized carbons (Fsp3) is 0.455. The third-order valence-electron chi connectivity index (χ3n) is 2.75.